The van der Waals surface area contributed by atoms with Crippen LogP contribution in [-0.2, 0) is 17.8 Å². The number of nitro benzene ring substituents is 1. The molecule has 1 aromatic heterocycles. The monoisotopic (exact) mass is 317 g/mol. The molecule has 0 saturated heterocycles. The fourth-order valence-corrected chi connectivity index (χ4v) is 2.56. The minimum atomic E-state index is -0.527. The first-order valence-corrected chi connectivity index (χ1v) is 7.03. The lowest BCUT2D eigenvalue weighted by atomic mass is 10.1. The Bertz CT molecular complexity index is 757. The van der Waals surface area contributed by atoms with E-state index < -0.39 is 4.92 Å². The largest absolute Gasteiger partial charge is 0.367 e. The summed E-state index contributed by atoms with van der Waals surface area (Å²) in [6, 6.07) is 6.03. The summed E-state index contributed by atoms with van der Waals surface area (Å²) in [5, 5.41) is 17.4. The maximum absolute atomic E-state index is 12.1. The van der Waals surface area contributed by atoms with Crippen LogP contribution in [0.1, 0.15) is 11.3 Å². The van der Waals surface area contributed by atoms with E-state index in [1.165, 1.54) is 12.1 Å². The molecule has 9 heteroatoms. The summed E-state index contributed by atoms with van der Waals surface area (Å²) in [5.74, 6) is -0.0541. The molecule has 9 nitrogen and oxygen atoms in total. The lowest BCUT2D eigenvalue weighted by Crippen LogP contribution is -2.37. The first kappa shape index (κ1) is 15.0. The van der Waals surface area contributed by atoms with Crippen molar-refractivity contribution in [2.24, 2.45) is 0 Å². The fraction of sp³-hybridized carbons (Fsp3) is 0.286. The molecule has 0 spiro atoms. The van der Waals surface area contributed by atoms with E-state index in [0.29, 0.717) is 19.5 Å². The number of carbonyl (C=O) groups is 1. The SMILES string of the molecule is Nc1onc2c1CN(CC(=O)Nc1ccccc1[N+](=O)[O-])CC2. The van der Waals surface area contributed by atoms with Crippen LogP contribution >= 0.6 is 0 Å². The summed E-state index contributed by atoms with van der Waals surface area (Å²) >= 11 is 0. The van der Waals surface area contributed by atoms with Gasteiger partial charge in [0.2, 0.25) is 11.8 Å². The number of amides is 1. The van der Waals surface area contributed by atoms with E-state index in [1.807, 2.05) is 4.90 Å². The van der Waals surface area contributed by atoms with Gasteiger partial charge in [0.1, 0.15) is 5.69 Å². The second-order valence-electron chi connectivity index (χ2n) is 5.26. The van der Waals surface area contributed by atoms with Gasteiger partial charge in [0.15, 0.2) is 0 Å². The van der Waals surface area contributed by atoms with Crippen molar-refractivity contribution in [3.8, 4) is 0 Å². The third-order valence-electron chi connectivity index (χ3n) is 3.69. The molecule has 120 valence electrons. The van der Waals surface area contributed by atoms with Crippen molar-refractivity contribution >= 4 is 23.2 Å². The molecule has 0 fully saturated rings. The number of rotatable bonds is 4. The second kappa shape index (κ2) is 6.05. The van der Waals surface area contributed by atoms with Crippen LogP contribution in [0.5, 0.6) is 0 Å². The van der Waals surface area contributed by atoms with Gasteiger partial charge in [-0.2, -0.15) is 0 Å². The van der Waals surface area contributed by atoms with Crippen molar-refractivity contribution in [3.05, 3.63) is 45.6 Å². The first-order valence-electron chi connectivity index (χ1n) is 7.03. The number of nitrogens with two attached hydrogens (primary N) is 1. The van der Waals surface area contributed by atoms with Crippen molar-refractivity contribution in [2.75, 3.05) is 24.1 Å². The molecular weight excluding hydrogens is 302 g/mol. The molecule has 2 heterocycles. The molecule has 0 aliphatic carbocycles. The molecule has 0 radical (unpaired) electrons. The zero-order valence-corrected chi connectivity index (χ0v) is 12.2. The molecule has 0 bridgehead atoms. The number of hydrogen-bond donors (Lipinski definition) is 2. The molecule has 3 N–H and O–H groups in total. The number of carbonyl (C=O) groups excluding carboxylic acids is 1. The van der Waals surface area contributed by atoms with Crippen LogP contribution in [0.3, 0.4) is 0 Å². The maximum atomic E-state index is 12.1. The van der Waals surface area contributed by atoms with Gasteiger partial charge in [-0.1, -0.05) is 17.3 Å². The minimum Gasteiger partial charge on any atom is -0.367 e. The number of nitrogens with one attached hydrogen (secondary N) is 1. The average molecular weight is 317 g/mol. The zero-order valence-electron chi connectivity index (χ0n) is 12.2. The summed E-state index contributed by atoms with van der Waals surface area (Å²) in [4.78, 5) is 24.5. The van der Waals surface area contributed by atoms with Crippen LogP contribution in [0.25, 0.3) is 0 Å². The molecule has 1 aromatic carbocycles. The van der Waals surface area contributed by atoms with Crippen molar-refractivity contribution in [1.82, 2.24) is 10.1 Å². The van der Waals surface area contributed by atoms with Gasteiger partial charge in [0.05, 0.1) is 22.7 Å². The molecule has 23 heavy (non-hydrogen) atoms. The Kier molecular flexibility index (Phi) is 3.94. The highest BCUT2D eigenvalue weighted by Crippen LogP contribution is 2.25. The predicted molar refractivity (Wildman–Crippen MR) is 81.6 cm³/mol. The van der Waals surface area contributed by atoms with Crippen LogP contribution in [0, 0.1) is 10.1 Å². The Morgan fingerprint density at radius 3 is 3.04 bits per heavy atom. The molecule has 3 rings (SSSR count). The highest BCUT2D eigenvalue weighted by atomic mass is 16.6. The predicted octanol–water partition coefficient (Wildman–Crippen LogP) is 1.16. The van der Waals surface area contributed by atoms with Crippen molar-refractivity contribution in [3.63, 3.8) is 0 Å². The number of fused-ring (bicyclic) bond motifs is 1. The molecular formula is C14H15N5O4. The van der Waals surface area contributed by atoms with Gasteiger partial charge in [-0.15, -0.1) is 0 Å². The Balaban J connectivity index is 1.65. The maximum Gasteiger partial charge on any atom is 0.292 e. The Morgan fingerprint density at radius 2 is 2.26 bits per heavy atom. The van der Waals surface area contributed by atoms with E-state index in [-0.39, 0.29) is 29.7 Å². The topological polar surface area (TPSA) is 128 Å². The van der Waals surface area contributed by atoms with Crippen LogP contribution in [-0.4, -0.2) is 34.0 Å². The number of hydrogen-bond acceptors (Lipinski definition) is 7. The van der Waals surface area contributed by atoms with Gasteiger partial charge >= 0.3 is 0 Å². The lowest BCUT2D eigenvalue weighted by molar-refractivity contribution is -0.383. The second-order valence-corrected chi connectivity index (χ2v) is 5.26. The third-order valence-corrected chi connectivity index (χ3v) is 3.69. The van der Waals surface area contributed by atoms with Crippen LogP contribution in [0.2, 0.25) is 0 Å². The molecule has 0 unspecified atom stereocenters. The van der Waals surface area contributed by atoms with Crippen LogP contribution < -0.4 is 11.1 Å². The van der Waals surface area contributed by atoms with E-state index in [9.17, 15) is 14.9 Å². The molecule has 2 aromatic rings. The number of nitrogens with zero attached hydrogens (tertiary/aromatic N) is 3. The molecule has 0 atom stereocenters. The zero-order chi connectivity index (χ0) is 16.4. The van der Waals surface area contributed by atoms with E-state index >= 15 is 0 Å². The number of nitrogen functional groups attached to an aromatic ring is 1. The molecule has 1 aliphatic rings. The summed E-state index contributed by atoms with van der Waals surface area (Å²) in [7, 11) is 0. The Hall–Kier alpha value is -2.94. The highest BCUT2D eigenvalue weighted by molar-refractivity contribution is 5.94. The van der Waals surface area contributed by atoms with Gasteiger partial charge in [0, 0.05) is 25.6 Å². The van der Waals surface area contributed by atoms with Gasteiger partial charge in [-0.05, 0) is 6.07 Å². The van der Waals surface area contributed by atoms with E-state index in [1.54, 1.807) is 12.1 Å². The molecule has 1 amide bonds. The fourth-order valence-electron chi connectivity index (χ4n) is 2.56. The van der Waals surface area contributed by atoms with E-state index in [2.05, 4.69) is 10.5 Å². The normalized spacial score (nSPS) is 14.3. The number of para-hydroxylation sites is 2. The van der Waals surface area contributed by atoms with Gasteiger partial charge in [-0.3, -0.25) is 19.8 Å². The van der Waals surface area contributed by atoms with E-state index in [0.717, 1.165) is 11.3 Å². The Morgan fingerprint density at radius 1 is 1.48 bits per heavy atom. The third kappa shape index (κ3) is 3.14. The number of nitro groups is 1. The molecule has 0 saturated carbocycles. The number of anilines is 2. The summed E-state index contributed by atoms with van der Waals surface area (Å²) in [5.41, 5.74) is 7.37. The quantitative estimate of drug-likeness (QED) is 0.639. The molecule has 1 aliphatic heterocycles. The average Bonchev–Trinajstić information content (AvgIpc) is 2.88. The lowest BCUT2D eigenvalue weighted by Gasteiger charge is -2.24. The van der Waals surface area contributed by atoms with Crippen molar-refractivity contribution in [2.45, 2.75) is 13.0 Å². The van der Waals surface area contributed by atoms with Gasteiger partial charge < -0.3 is 15.6 Å². The Labute approximate surface area is 131 Å². The van der Waals surface area contributed by atoms with E-state index in [4.69, 9.17) is 10.3 Å². The summed E-state index contributed by atoms with van der Waals surface area (Å²) in [6.07, 6.45) is 0.648. The van der Waals surface area contributed by atoms with Gasteiger partial charge in [-0.25, -0.2) is 0 Å². The van der Waals surface area contributed by atoms with Crippen molar-refractivity contribution in [1.29, 1.82) is 0 Å². The smallest absolute Gasteiger partial charge is 0.292 e. The minimum absolute atomic E-state index is 0.107. The number of benzene rings is 1. The van der Waals surface area contributed by atoms with Crippen LogP contribution in [0.4, 0.5) is 17.3 Å². The highest BCUT2D eigenvalue weighted by Gasteiger charge is 2.24. The summed E-state index contributed by atoms with van der Waals surface area (Å²) < 4.78 is 4.93. The summed E-state index contributed by atoms with van der Waals surface area (Å²) in [6.45, 7) is 1.22. The first-order chi connectivity index (χ1) is 11.0. The number of aromatic nitrogens is 1. The van der Waals surface area contributed by atoms with Crippen molar-refractivity contribution < 1.29 is 14.2 Å². The standard InChI is InChI=1S/C14H15N5O4/c15-14-9-7-18(6-5-10(9)17-23-14)8-13(20)16-11-3-1-2-4-12(11)19(21)22/h1-4H,5-8,15H2,(H,16,20). The van der Waals surface area contributed by atoms with Crippen LogP contribution in [0.15, 0.2) is 28.8 Å². The van der Waals surface area contributed by atoms with Gasteiger partial charge in [0.25, 0.3) is 5.69 Å².